The minimum absolute atomic E-state index is 0.150. The normalized spacial score (nSPS) is 34.6. The van der Waals surface area contributed by atoms with Crippen LogP contribution in [-0.4, -0.2) is 27.5 Å². The fraction of sp³-hybridized carbons (Fsp3) is 0.867. The molecule has 0 saturated heterocycles. The van der Waals surface area contributed by atoms with E-state index in [-0.39, 0.29) is 11.1 Å². The molecule has 0 spiro atoms. The van der Waals surface area contributed by atoms with E-state index in [9.17, 15) is 0 Å². The largest absolute Gasteiger partial charge is 0.332 e. The van der Waals surface area contributed by atoms with E-state index in [1.165, 1.54) is 12.1 Å². The Morgan fingerprint density at radius 3 is 1.00 bits per heavy atom. The zero-order valence-electron chi connectivity index (χ0n) is 25.9. The SMILES string of the molecule is CC1=C(C)C([Si](C)(CC[Si](C)(NC(C)(C)C)C2C(C)=C(C)C(C)C2C)NC(C)(C)C)C(C)C1C. The van der Waals surface area contributed by atoms with Crippen molar-refractivity contribution in [2.24, 2.45) is 23.7 Å². The topological polar surface area (TPSA) is 24.1 Å². The van der Waals surface area contributed by atoms with Gasteiger partial charge in [0.25, 0.3) is 0 Å². The van der Waals surface area contributed by atoms with Gasteiger partial charge in [-0.25, -0.2) is 0 Å². The highest BCUT2D eigenvalue weighted by atomic mass is 28.3. The van der Waals surface area contributed by atoms with Crippen molar-refractivity contribution < 1.29 is 0 Å². The number of nitrogens with one attached hydrogen (secondary N) is 2. The lowest BCUT2D eigenvalue weighted by Gasteiger charge is -2.48. The maximum Gasteiger partial charge on any atom is 0.130 e. The molecule has 34 heavy (non-hydrogen) atoms. The summed E-state index contributed by atoms with van der Waals surface area (Å²) in [7, 11) is -3.61. The van der Waals surface area contributed by atoms with E-state index in [1.807, 2.05) is 0 Å². The molecule has 0 aliphatic heterocycles. The van der Waals surface area contributed by atoms with Crippen LogP contribution >= 0.6 is 0 Å². The van der Waals surface area contributed by atoms with E-state index < -0.39 is 16.5 Å². The monoisotopic (exact) mass is 504 g/mol. The van der Waals surface area contributed by atoms with Crippen LogP contribution in [0, 0.1) is 23.7 Å². The summed E-state index contributed by atoms with van der Waals surface area (Å²) in [4.78, 5) is 8.66. The standard InChI is InChI=1S/C30H60N2Si2/c1-19-20(2)24(6)27(23(19)5)33(15,31-29(9,10)11)17-18-34(16,32-30(12,13)14)28-25(7)21(3)22(4)26(28)8/h19,21,23,25,27-28,31-32H,17-18H2,1-16H3. The Morgan fingerprint density at radius 2 is 0.824 bits per heavy atom. The van der Waals surface area contributed by atoms with Gasteiger partial charge in [-0.2, -0.15) is 0 Å². The molecule has 0 aromatic rings. The molecule has 2 N–H and O–H groups in total. The minimum atomic E-state index is -1.80. The summed E-state index contributed by atoms with van der Waals surface area (Å²) < 4.78 is 0. The Balaban J connectivity index is 2.51. The fourth-order valence-electron chi connectivity index (χ4n) is 8.30. The molecule has 2 aliphatic carbocycles. The molecular formula is C30H60N2Si2. The lowest BCUT2D eigenvalue weighted by Crippen LogP contribution is -2.64. The molecule has 0 radical (unpaired) electrons. The van der Waals surface area contributed by atoms with Gasteiger partial charge in [0.1, 0.15) is 16.5 Å². The van der Waals surface area contributed by atoms with Crippen molar-refractivity contribution in [1.82, 2.24) is 9.96 Å². The molecular weight excluding hydrogens is 445 g/mol. The second kappa shape index (κ2) is 9.95. The summed E-state index contributed by atoms with van der Waals surface area (Å²) in [6.07, 6.45) is 0. The smallest absolute Gasteiger partial charge is 0.130 e. The molecule has 2 rings (SSSR count). The summed E-state index contributed by atoms with van der Waals surface area (Å²) in [6, 6.07) is 2.73. The zero-order chi connectivity index (χ0) is 26.6. The second-order valence-corrected chi connectivity index (χ2v) is 23.5. The number of allylic oxidation sites excluding steroid dienone is 4. The average Bonchev–Trinajstić information content (AvgIpc) is 2.97. The number of hydrogen-bond acceptors (Lipinski definition) is 2. The van der Waals surface area contributed by atoms with E-state index in [0.29, 0.717) is 11.8 Å². The molecule has 0 heterocycles. The predicted molar refractivity (Wildman–Crippen MR) is 160 cm³/mol. The molecule has 0 aromatic heterocycles. The van der Waals surface area contributed by atoms with Crippen LogP contribution in [0.5, 0.6) is 0 Å². The van der Waals surface area contributed by atoms with Gasteiger partial charge in [-0.15, -0.1) is 0 Å². The Kier molecular flexibility index (Phi) is 8.80. The molecule has 2 aliphatic rings. The molecule has 8 unspecified atom stereocenters. The van der Waals surface area contributed by atoms with Crippen LogP contribution in [0.1, 0.15) is 96.9 Å². The molecule has 0 amide bonds. The van der Waals surface area contributed by atoms with Gasteiger partial charge in [-0.3, -0.25) is 0 Å². The van der Waals surface area contributed by atoms with E-state index in [0.717, 1.165) is 22.9 Å². The summed E-state index contributed by atoms with van der Waals surface area (Å²) in [5.74, 6) is 2.89. The van der Waals surface area contributed by atoms with Gasteiger partial charge in [-0.1, -0.05) is 63.1 Å². The maximum absolute atomic E-state index is 4.33. The van der Waals surface area contributed by atoms with Gasteiger partial charge in [-0.05, 0) is 116 Å². The van der Waals surface area contributed by atoms with Crippen LogP contribution in [0.15, 0.2) is 22.3 Å². The maximum atomic E-state index is 4.33. The van der Waals surface area contributed by atoms with Gasteiger partial charge in [0.15, 0.2) is 0 Å². The van der Waals surface area contributed by atoms with Crippen LogP contribution in [0.2, 0.25) is 36.3 Å². The first-order valence-electron chi connectivity index (χ1n) is 14.1. The third-order valence-corrected chi connectivity index (χ3v) is 20.4. The molecule has 4 heteroatoms. The molecule has 8 atom stereocenters. The van der Waals surface area contributed by atoms with Crippen molar-refractivity contribution in [2.45, 2.75) is 144 Å². The summed E-state index contributed by atoms with van der Waals surface area (Å²) >= 11 is 0. The Bertz CT molecular complexity index is 747. The van der Waals surface area contributed by atoms with Crippen molar-refractivity contribution in [3.8, 4) is 0 Å². The van der Waals surface area contributed by atoms with E-state index >= 15 is 0 Å². The Morgan fingerprint density at radius 1 is 0.559 bits per heavy atom. The molecule has 198 valence electrons. The van der Waals surface area contributed by atoms with Gasteiger partial charge in [0, 0.05) is 11.1 Å². The van der Waals surface area contributed by atoms with Gasteiger partial charge < -0.3 is 9.96 Å². The average molecular weight is 505 g/mol. The van der Waals surface area contributed by atoms with Crippen LogP contribution in [0.25, 0.3) is 0 Å². The fourth-order valence-corrected chi connectivity index (χ4v) is 22.3. The van der Waals surface area contributed by atoms with Crippen molar-refractivity contribution in [3.05, 3.63) is 22.3 Å². The van der Waals surface area contributed by atoms with Crippen molar-refractivity contribution in [1.29, 1.82) is 0 Å². The predicted octanol–water partition coefficient (Wildman–Crippen LogP) is 8.90. The number of rotatable bonds is 7. The molecule has 2 nitrogen and oxygen atoms in total. The first-order chi connectivity index (χ1) is 15.2. The van der Waals surface area contributed by atoms with Crippen LogP contribution in [0.3, 0.4) is 0 Å². The van der Waals surface area contributed by atoms with Crippen molar-refractivity contribution >= 4 is 16.5 Å². The quantitative estimate of drug-likeness (QED) is 0.267. The Hall–Kier alpha value is -0.166. The van der Waals surface area contributed by atoms with Crippen LogP contribution in [-0.2, 0) is 0 Å². The third-order valence-electron chi connectivity index (χ3n) is 10.0. The molecule has 0 fully saturated rings. The zero-order valence-corrected chi connectivity index (χ0v) is 27.9. The van der Waals surface area contributed by atoms with E-state index in [2.05, 4.69) is 120 Å². The van der Waals surface area contributed by atoms with Gasteiger partial charge in [0.2, 0.25) is 0 Å². The lowest BCUT2D eigenvalue weighted by molar-refractivity contribution is 0.443. The van der Waals surface area contributed by atoms with Gasteiger partial charge in [0.05, 0.1) is 0 Å². The highest BCUT2D eigenvalue weighted by molar-refractivity contribution is 6.83. The first kappa shape index (κ1) is 30.1. The van der Waals surface area contributed by atoms with E-state index in [4.69, 9.17) is 0 Å². The minimum Gasteiger partial charge on any atom is -0.332 e. The molecule has 0 bridgehead atoms. The first-order valence-corrected chi connectivity index (χ1v) is 19.7. The van der Waals surface area contributed by atoms with Crippen LogP contribution in [0.4, 0.5) is 0 Å². The number of hydrogen-bond donors (Lipinski definition) is 2. The third kappa shape index (κ3) is 6.03. The molecule has 0 aromatic carbocycles. The van der Waals surface area contributed by atoms with Crippen LogP contribution < -0.4 is 9.96 Å². The highest BCUT2D eigenvalue weighted by Gasteiger charge is 2.52. The highest BCUT2D eigenvalue weighted by Crippen LogP contribution is 2.54. The second-order valence-electron chi connectivity index (χ2n) is 15.1. The molecule has 0 saturated carbocycles. The summed E-state index contributed by atoms with van der Waals surface area (Å²) in [5.41, 5.74) is 8.48. The van der Waals surface area contributed by atoms with Crippen molar-refractivity contribution in [2.75, 3.05) is 0 Å². The van der Waals surface area contributed by atoms with E-state index in [1.54, 1.807) is 22.3 Å². The summed E-state index contributed by atoms with van der Waals surface area (Å²) in [6.45, 7) is 39.4. The van der Waals surface area contributed by atoms with Crippen molar-refractivity contribution in [3.63, 3.8) is 0 Å². The summed E-state index contributed by atoms with van der Waals surface area (Å²) in [5, 5.41) is 0. The Labute approximate surface area is 216 Å². The van der Waals surface area contributed by atoms with Gasteiger partial charge >= 0.3 is 0 Å². The lowest BCUT2D eigenvalue weighted by atomic mass is 9.95.